The Bertz CT molecular complexity index is 1590. The fraction of sp³-hybridized carbons (Fsp3) is 0.114. The standard InChI is InChI=1S/C14H14N2O.C11H10N2.C10H8N2.Re/c17-10-4-2-5-12-7-9-16-14(11-12)13-6-1-3-8-15-13;1-9-5-7-13-11(8-9)10-4-2-3-6-12-10;1-3-7-11-9(5-1)10-6-2-4-8-12-10;/h1,3,6-11H,2,4-5H2;2-8H,1H3;1-8H;. The van der Waals surface area contributed by atoms with Crippen LogP contribution in [0.1, 0.15) is 24.0 Å². The third kappa shape index (κ3) is 11.2. The van der Waals surface area contributed by atoms with Gasteiger partial charge in [0, 0.05) is 64.0 Å². The second-order valence-corrected chi connectivity index (χ2v) is 9.19. The molecule has 0 amide bonds. The molecule has 0 N–H and O–H groups in total. The van der Waals surface area contributed by atoms with Crippen molar-refractivity contribution in [1.29, 1.82) is 0 Å². The maximum Gasteiger partial charge on any atom is 0.120 e. The number of nitrogens with zero attached hydrogens (tertiary/aromatic N) is 6. The van der Waals surface area contributed by atoms with Gasteiger partial charge in [-0.05, 0) is 104 Å². The molecule has 6 heterocycles. The Balaban J connectivity index is 0.000000178. The molecule has 0 atom stereocenters. The first-order valence-corrected chi connectivity index (χ1v) is 13.7. The van der Waals surface area contributed by atoms with E-state index in [2.05, 4.69) is 29.9 Å². The van der Waals surface area contributed by atoms with Crippen molar-refractivity contribution in [2.75, 3.05) is 0 Å². The van der Waals surface area contributed by atoms with E-state index in [-0.39, 0.29) is 20.4 Å². The Morgan fingerprint density at radius 1 is 0.512 bits per heavy atom. The van der Waals surface area contributed by atoms with Gasteiger partial charge in [0.15, 0.2) is 0 Å². The Labute approximate surface area is 266 Å². The van der Waals surface area contributed by atoms with E-state index < -0.39 is 0 Å². The summed E-state index contributed by atoms with van der Waals surface area (Å²) in [5, 5.41) is 0. The first-order valence-electron chi connectivity index (χ1n) is 13.7. The monoisotopic (exact) mass is 739 g/mol. The van der Waals surface area contributed by atoms with E-state index in [4.69, 9.17) is 0 Å². The van der Waals surface area contributed by atoms with Crippen molar-refractivity contribution in [2.24, 2.45) is 0 Å². The van der Waals surface area contributed by atoms with Crippen LogP contribution in [0.15, 0.2) is 134 Å². The molecular weight excluding hydrogens is 707 g/mol. The molecule has 0 aliphatic carbocycles. The normalized spacial score (nSPS) is 9.70. The molecule has 0 aliphatic rings. The Morgan fingerprint density at radius 2 is 0.930 bits per heavy atom. The van der Waals surface area contributed by atoms with Gasteiger partial charge in [0.05, 0.1) is 34.2 Å². The van der Waals surface area contributed by atoms with Crippen molar-refractivity contribution >= 4 is 6.29 Å². The van der Waals surface area contributed by atoms with E-state index in [1.807, 2.05) is 104 Å². The van der Waals surface area contributed by atoms with Gasteiger partial charge < -0.3 is 4.79 Å². The first-order chi connectivity index (χ1) is 20.7. The summed E-state index contributed by atoms with van der Waals surface area (Å²) in [4.78, 5) is 35.7. The molecule has 8 heteroatoms. The molecule has 6 aromatic rings. The van der Waals surface area contributed by atoms with Crippen LogP contribution in [-0.2, 0) is 31.6 Å². The minimum atomic E-state index is 0. The van der Waals surface area contributed by atoms with E-state index >= 15 is 0 Å². The smallest absolute Gasteiger partial charge is 0.120 e. The van der Waals surface area contributed by atoms with Crippen LogP contribution in [0.4, 0.5) is 0 Å². The molecule has 7 nitrogen and oxygen atoms in total. The zero-order valence-electron chi connectivity index (χ0n) is 23.9. The van der Waals surface area contributed by atoms with E-state index in [0.717, 1.165) is 53.3 Å². The van der Waals surface area contributed by atoms with Gasteiger partial charge in [-0.2, -0.15) is 0 Å². The number of rotatable bonds is 7. The minimum absolute atomic E-state index is 0. The van der Waals surface area contributed by atoms with Gasteiger partial charge in [-0.15, -0.1) is 0 Å². The van der Waals surface area contributed by atoms with Crippen molar-refractivity contribution in [3.8, 4) is 34.2 Å². The van der Waals surface area contributed by atoms with Crippen LogP contribution in [0.3, 0.4) is 0 Å². The first kappa shape index (κ1) is 32.7. The third-order valence-electron chi connectivity index (χ3n) is 5.97. The van der Waals surface area contributed by atoms with E-state index in [0.29, 0.717) is 6.42 Å². The maximum atomic E-state index is 10.3. The zero-order valence-corrected chi connectivity index (χ0v) is 26.6. The number of carbonyl (C=O) groups excluding carboxylic acids is 1. The minimum Gasteiger partial charge on any atom is -0.303 e. The number of hydrogen-bond donors (Lipinski definition) is 0. The summed E-state index contributed by atoms with van der Waals surface area (Å²) >= 11 is 0. The summed E-state index contributed by atoms with van der Waals surface area (Å²) in [5.41, 5.74) is 7.85. The summed E-state index contributed by atoms with van der Waals surface area (Å²) in [6.07, 6.45) is 14.0. The molecule has 0 unspecified atom stereocenters. The molecule has 43 heavy (non-hydrogen) atoms. The summed E-state index contributed by atoms with van der Waals surface area (Å²) in [7, 11) is 0. The number of aldehydes is 1. The predicted octanol–water partition coefficient (Wildman–Crippen LogP) is 7.26. The summed E-state index contributed by atoms with van der Waals surface area (Å²) in [6, 6.07) is 31.2. The maximum absolute atomic E-state index is 10.3. The number of aryl methyl sites for hydroxylation is 2. The summed E-state index contributed by atoms with van der Waals surface area (Å²) in [5.74, 6) is 0. The molecule has 0 bridgehead atoms. The molecule has 0 aliphatic heterocycles. The van der Waals surface area contributed by atoms with E-state index in [1.165, 1.54) is 11.1 Å². The third-order valence-corrected chi connectivity index (χ3v) is 5.97. The summed E-state index contributed by atoms with van der Waals surface area (Å²) < 4.78 is 0. The largest absolute Gasteiger partial charge is 0.303 e. The summed E-state index contributed by atoms with van der Waals surface area (Å²) in [6.45, 7) is 2.05. The molecule has 0 saturated heterocycles. The van der Waals surface area contributed by atoms with Crippen LogP contribution < -0.4 is 0 Å². The quantitative estimate of drug-likeness (QED) is 0.126. The number of unbranched alkanes of at least 4 members (excludes halogenated alkanes) is 1. The molecular formula is C35H32N6ORe. The van der Waals surface area contributed by atoms with Crippen molar-refractivity contribution in [1.82, 2.24) is 29.9 Å². The number of hydrogen-bond acceptors (Lipinski definition) is 7. The number of pyridine rings is 6. The van der Waals surface area contributed by atoms with Crippen LogP contribution in [0, 0.1) is 6.92 Å². The van der Waals surface area contributed by atoms with Gasteiger partial charge in [0.25, 0.3) is 0 Å². The zero-order chi connectivity index (χ0) is 29.2. The van der Waals surface area contributed by atoms with Gasteiger partial charge in [-0.3, -0.25) is 29.9 Å². The Kier molecular flexibility index (Phi) is 14.2. The van der Waals surface area contributed by atoms with Crippen molar-refractivity contribution in [2.45, 2.75) is 26.2 Å². The molecule has 0 saturated carbocycles. The molecule has 6 rings (SSSR count). The van der Waals surface area contributed by atoms with Crippen LogP contribution >= 0.6 is 0 Å². The van der Waals surface area contributed by atoms with Crippen molar-refractivity contribution in [3.63, 3.8) is 0 Å². The fourth-order valence-corrected chi connectivity index (χ4v) is 3.89. The average Bonchev–Trinajstić information content (AvgIpc) is 3.07. The number of carbonyl (C=O) groups is 1. The average molecular weight is 739 g/mol. The molecule has 0 spiro atoms. The van der Waals surface area contributed by atoms with Gasteiger partial charge in [-0.1, -0.05) is 24.3 Å². The second-order valence-electron chi connectivity index (χ2n) is 9.19. The molecule has 215 valence electrons. The van der Waals surface area contributed by atoms with Gasteiger partial charge in [0.2, 0.25) is 0 Å². The predicted molar refractivity (Wildman–Crippen MR) is 166 cm³/mol. The molecule has 0 fully saturated rings. The SMILES string of the molecule is Cc1ccnc(-c2ccccn2)c1.O=CCCCc1ccnc(-c2ccccn2)c1.[Re].c1ccc(-c2ccccn2)nc1. The van der Waals surface area contributed by atoms with Gasteiger partial charge >= 0.3 is 0 Å². The Morgan fingerprint density at radius 3 is 1.35 bits per heavy atom. The van der Waals surface area contributed by atoms with E-state index in [9.17, 15) is 4.79 Å². The molecule has 1 radical (unpaired) electrons. The van der Waals surface area contributed by atoms with Gasteiger partial charge in [0.1, 0.15) is 6.29 Å². The number of aromatic nitrogens is 6. The fourth-order valence-electron chi connectivity index (χ4n) is 3.89. The van der Waals surface area contributed by atoms with Gasteiger partial charge in [-0.25, -0.2) is 0 Å². The van der Waals surface area contributed by atoms with Crippen LogP contribution in [0.25, 0.3) is 34.2 Å². The Hall–Kier alpha value is -4.77. The second kappa shape index (κ2) is 18.6. The van der Waals surface area contributed by atoms with Crippen LogP contribution in [0.2, 0.25) is 0 Å². The van der Waals surface area contributed by atoms with Crippen LogP contribution in [-0.4, -0.2) is 36.2 Å². The van der Waals surface area contributed by atoms with Crippen molar-refractivity contribution in [3.05, 3.63) is 145 Å². The molecule has 6 aromatic heterocycles. The van der Waals surface area contributed by atoms with Crippen molar-refractivity contribution < 1.29 is 25.2 Å². The van der Waals surface area contributed by atoms with Crippen LogP contribution in [0.5, 0.6) is 0 Å². The molecule has 0 aromatic carbocycles. The van der Waals surface area contributed by atoms with E-state index in [1.54, 1.807) is 37.2 Å². The topological polar surface area (TPSA) is 94.4 Å².